The molecule has 1 aromatic heterocycles. The highest BCUT2D eigenvalue weighted by atomic mass is 32.1. The lowest BCUT2D eigenvalue weighted by Crippen LogP contribution is -2.45. The van der Waals surface area contributed by atoms with E-state index in [-0.39, 0.29) is 5.72 Å². The number of benzene rings is 1. The number of thiophene rings is 1. The maximum atomic E-state index is 6.35. The van der Waals surface area contributed by atoms with E-state index in [2.05, 4.69) is 62.5 Å². The summed E-state index contributed by atoms with van der Waals surface area (Å²) >= 11 is 1.74. The van der Waals surface area contributed by atoms with E-state index in [1.54, 1.807) is 11.3 Å². The average molecular weight is 275 g/mol. The molecule has 102 valence electrons. The van der Waals surface area contributed by atoms with Crippen LogP contribution < -0.4 is 4.74 Å². The van der Waals surface area contributed by atoms with E-state index in [1.807, 2.05) is 12.1 Å². The van der Waals surface area contributed by atoms with Crippen LogP contribution in [-0.4, -0.2) is 19.0 Å². The number of aryl methyl sites for hydroxylation is 1. The number of hydrogen-bond acceptors (Lipinski definition) is 3. The second kappa shape index (κ2) is 5.76. The van der Waals surface area contributed by atoms with Crippen molar-refractivity contribution in [3.63, 3.8) is 0 Å². The van der Waals surface area contributed by atoms with Crippen molar-refractivity contribution in [1.29, 1.82) is 0 Å². The van der Waals surface area contributed by atoms with Crippen LogP contribution in [0.4, 0.5) is 0 Å². The summed E-state index contributed by atoms with van der Waals surface area (Å²) in [6, 6.07) is 12.5. The van der Waals surface area contributed by atoms with Gasteiger partial charge in [-0.3, -0.25) is 4.90 Å². The van der Waals surface area contributed by atoms with Gasteiger partial charge in [0.25, 0.3) is 0 Å². The fraction of sp³-hybridized carbons (Fsp3) is 0.375. The molecule has 3 heteroatoms. The Hall–Kier alpha value is -1.32. The highest BCUT2D eigenvalue weighted by molar-refractivity contribution is 7.10. The van der Waals surface area contributed by atoms with Gasteiger partial charge in [-0.2, -0.15) is 0 Å². The zero-order valence-electron chi connectivity index (χ0n) is 12.0. The van der Waals surface area contributed by atoms with Crippen molar-refractivity contribution in [2.75, 3.05) is 14.1 Å². The number of nitrogens with zero attached hydrogens (tertiary/aromatic N) is 1. The third-order valence-electron chi connectivity index (χ3n) is 3.42. The zero-order chi connectivity index (χ0) is 13.9. The van der Waals surface area contributed by atoms with Crippen LogP contribution in [0.2, 0.25) is 0 Å². The van der Waals surface area contributed by atoms with Gasteiger partial charge in [0, 0.05) is 6.42 Å². The van der Waals surface area contributed by atoms with Crippen LogP contribution in [0.25, 0.3) is 0 Å². The smallest absolute Gasteiger partial charge is 0.198 e. The first-order valence-electron chi connectivity index (χ1n) is 6.55. The van der Waals surface area contributed by atoms with Crippen LogP contribution in [0, 0.1) is 6.92 Å². The normalized spacial score (nSPS) is 14.4. The second-order valence-electron chi connectivity index (χ2n) is 4.92. The Kier molecular flexibility index (Phi) is 4.27. The highest BCUT2D eigenvalue weighted by Crippen LogP contribution is 2.36. The van der Waals surface area contributed by atoms with Crippen molar-refractivity contribution in [3.05, 3.63) is 52.2 Å². The Morgan fingerprint density at radius 3 is 2.32 bits per heavy atom. The minimum absolute atomic E-state index is 0.385. The van der Waals surface area contributed by atoms with Crippen LogP contribution >= 0.6 is 11.3 Å². The topological polar surface area (TPSA) is 12.5 Å². The Bertz CT molecular complexity index is 504. The third kappa shape index (κ3) is 2.82. The SMILES string of the molecule is CCC(Oc1ccc(C)cc1)(c1cccs1)N(C)C. The van der Waals surface area contributed by atoms with Gasteiger partial charge in [0.15, 0.2) is 5.72 Å². The molecule has 2 rings (SSSR count). The molecule has 0 fully saturated rings. The maximum Gasteiger partial charge on any atom is 0.198 e. The molecule has 1 unspecified atom stereocenters. The summed E-state index contributed by atoms with van der Waals surface area (Å²) in [7, 11) is 4.13. The molecule has 0 aliphatic rings. The number of hydrogen-bond donors (Lipinski definition) is 0. The lowest BCUT2D eigenvalue weighted by molar-refractivity contribution is -0.0642. The molecule has 0 aliphatic carbocycles. The summed E-state index contributed by atoms with van der Waals surface area (Å²) in [5.41, 5.74) is 0.860. The van der Waals surface area contributed by atoms with E-state index in [9.17, 15) is 0 Å². The minimum Gasteiger partial charge on any atom is -0.468 e. The van der Waals surface area contributed by atoms with Crippen LogP contribution in [-0.2, 0) is 5.72 Å². The first-order valence-corrected chi connectivity index (χ1v) is 7.43. The highest BCUT2D eigenvalue weighted by Gasteiger charge is 2.36. The fourth-order valence-electron chi connectivity index (χ4n) is 2.23. The van der Waals surface area contributed by atoms with Gasteiger partial charge >= 0.3 is 0 Å². The molecule has 1 aromatic carbocycles. The van der Waals surface area contributed by atoms with Crippen molar-refractivity contribution in [1.82, 2.24) is 4.90 Å². The Morgan fingerprint density at radius 1 is 1.16 bits per heavy atom. The molecule has 0 aliphatic heterocycles. The molecular formula is C16H21NOS. The van der Waals surface area contributed by atoms with Gasteiger partial charge in [0.05, 0.1) is 4.88 Å². The summed E-state index contributed by atoms with van der Waals surface area (Å²) in [5.74, 6) is 0.912. The standard InChI is InChI=1S/C16H21NOS/c1-5-16(17(3)4,15-7-6-12-19-15)18-14-10-8-13(2)9-11-14/h6-12H,5H2,1-4H3. The molecule has 0 radical (unpaired) electrons. The molecule has 0 saturated carbocycles. The maximum absolute atomic E-state index is 6.35. The second-order valence-corrected chi connectivity index (χ2v) is 5.87. The van der Waals surface area contributed by atoms with Gasteiger partial charge in [-0.25, -0.2) is 0 Å². The molecule has 1 heterocycles. The summed E-state index contributed by atoms with van der Waals surface area (Å²) in [4.78, 5) is 3.39. The van der Waals surface area contributed by atoms with Gasteiger partial charge < -0.3 is 4.74 Å². The summed E-state index contributed by atoms with van der Waals surface area (Å²) in [5, 5.41) is 2.10. The molecule has 0 saturated heterocycles. The minimum atomic E-state index is -0.385. The predicted molar refractivity (Wildman–Crippen MR) is 81.8 cm³/mol. The Balaban J connectivity index is 2.36. The molecule has 1 atom stereocenters. The molecule has 19 heavy (non-hydrogen) atoms. The number of ether oxygens (including phenoxy) is 1. The summed E-state index contributed by atoms with van der Waals surface area (Å²) < 4.78 is 6.35. The molecule has 2 nitrogen and oxygen atoms in total. The summed E-state index contributed by atoms with van der Waals surface area (Å²) in [6.45, 7) is 4.25. The van der Waals surface area contributed by atoms with Crippen molar-refractivity contribution < 1.29 is 4.74 Å². The molecule has 0 bridgehead atoms. The van der Waals surface area contributed by atoms with Gasteiger partial charge in [0.1, 0.15) is 5.75 Å². The van der Waals surface area contributed by atoms with Gasteiger partial charge in [-0.15, -0.1) is 11.3 Å². The average Bonchev–Trinajstić information content (AvgIpc) is 2.92. The van der Waals surface area contributed by atoms with E-state index >= 15 is 0 Å². The van der Waals surface area contributed by atoms with E-state index in [1.165, 1.54) is 10.4 Å². The molecule has 0 amide bonds. The first kappa shape index (κ1) is 14.1. The van der Waals surface area contributed by atoms with E-state index in [0.717, 1.165) is 12.2 Å². The van der Waals surface area contributed by atoms with Gasteiger partial charge in [0.2, 0.25) is 0 Å². The Morgan fingerprint density at radius 2 is 1.84 bits per heavy atom. The van der Waals surface area contributed by atoms with E-state index < -0.39 is 0 Å². The van der Waals surface area contributed by atoms with Gasteiger partial charge in [-0.1, -0.05) is 30.7 Å². The first-order chi connectivity index (χ1) is 9.08. The van der Waals surface area contributed by atoms with E-state index in [4.69, 9.17) is 4.74 Å². The van der Waals surface area contributed by atoms with Crippen LogP contribution in [0.1, 0.15) is 23.8 Å². The van der Waals surface area contributed by atoms with E-state index in [0.29, 0.717) is 0 Å². The molecule has 2 aromatic rings. The lowest BCUT2D eigenvalue weighted by Gasteiger charge is -2.38. The van der Waals surface area contributed by atoms with Crippen molar-refractivity contribution in [2.24, 2.45) is 0 Å². The molecule has 0 N–H and O–H groups in total. The summed E-state index contributed by atoms with van der Waals surface area (Å²) in [6.07, 6.45) is 0.897. The molecule has 0 spiro atoms. The van der Waals surface area contributed by atoms with Crippen molar-refractivity contribution in [2.45, 2.75) is 26.0 Å². The van der Waals surface area contributed by atoms with Crippen LogP contribution in [0.3, 0.4) is 0 Å². The zero-order valence-corrected chi connectivity index (χ0v) is 12.8. The molecular weight excluding hydrogens is 254 g/mol. The monoisotopic (exact) mass is 275 g/mol. The van der Waals surface area contributed by atoms with Crippen molar-refractivity contribution in [3.8, 4) is 5.75 Å². The fourth-order valence-corrected chi connectivity index (χ4v) is 3.24. The number of rotatable bonds is 5. The quantitative estimate of drug-likeness (QED) is 0.756. The van der Waals surface area contributed by atoms with Crippen LogP contribution in [0.5, 0.6) is 5.75 Å². The van der Waals surface area contributed by atoms with Gasteiger partial charge in [-0.05, 0) is 44.6 Å². The Labute approximate surface area is 119 Å². The van der Waals surface area contributed by atoms with Crippen LogP contribution in [0.15, 0.2) is 41.8 Å². The largest absolute Gasteiger partial charge is 0.468 e. The predicted octanol–water partition coefficient (Wildman–Crippen LogP) is 4.26. The third-order valence-corrected chi connectivity index (χ3v) is 4.42. The van der Waals surface area contributed by atoms with Crippen molar-refractivity contribution >= 4 is 11.3 Å². The lowest BCUT2D eigenvalue weighted by atomic mass is 10.1.